The van der Waals surface area contributed by atoms with Crippen LogP contribution in [0.1, 0.15) is 42.0 Å². The number of hydrogen-bond donors (Lipinski definition) is 4. The number of anilines is 1. The van der Waals surface area contributed by atoms with Gasteiger partial charge in [-0.25, -0.2) is 4.79 Å². The van der Waals surface area contributed by atoms with Gasteiger partial charge in [0, 0.05) is 30.4 Å². The number of carbonyl (C=O) groups is 2. The molecule has 8 heteroatoms. The van der Waals surface area contributed by atoms with Crippen LogP contribution in [0.5, 0.6) is 0 Å². The molecule has 0 saturated heterocycles. The Bertz CT molecular complexity index is 775. The van der Waals surface area contributed by atoms with E-state index in [0.717, 1.165) is 17.8 Å². The Hall–Kier alpha value is -2.54. The van der Waals surface area contributed by atoms with Crippen molar-refractivity contribution in [2.75, 3.05) is 11.9 Å². The zero-order valence-electron chi connectivity index (χ0n) is 15.1. The average Bonchev–Trinajstić information content (AvgIpc) is 2.97. The Morgan fingerprint density at radius 2 is 2.08 bits per heavy atom. The second kappa shape index (κ2) is 9.24. The molecule has 0 aliphatic carbocycles. The predicted octanol–water partition coefficient (Wildman–Crippen LogP) is 3.26. The molecule has 0 aliphatic heterocycles. The van der Waals surface area contributed by atoms with Gasteiger partial charge >= 0.3 is 6.03 Å². The number of amides is 3. The Labute approximate surface area is 157 Å². The summed E-state index contributed by atoms with van der Waals surface area (Å²) in [6, 6.07) is 6.31. The van der Waals surface area contributed by atoms with Crippen LogP contribution >= 0.6 is 11.6 Å². The Kier molecular flexibility index (Phi) is 7.03. The van der Waals surface area contributed by atoms with Gasteiger partial charge in [0.1, 0.15) is 0 Å². The minimum absolute atomic E-state index is 0.0905. The van der Waals surface area contributed by atoms with Crippen LogP contribution in [0.4, 0.5) is 10.5 Å². The lowest BCUT2D eigenvalue weighted by molar-refractivity contribution is 0.0954. The Morgan fingerprint density at radius 1 is 1.31 bits per heavy atom. The van der Waals surface area contributed by atoms with Crippen molar-refractivity contribution in [3.05, 3.63) is 46.2 Å². The topological polar surface area (TPSA) is 98.9 Å². The lowest BCUT2D eigenvalue weighted by Crippen LogP contribution is -2.37. The van der Waals surface area contributed by atoms with Gasteiger partial charge in [-0.15, -0.1) is 0 Å². The average molecular weight is 378 g/mol. The van der Waals surface area contributed by atoms with Crippen molar-refractivity contribution in [2.24, 2.45) is 0 Å². The molecule has 0 fully saturated rings. The van der Waals surface area contributed by atoms with Gasteiger partial charge < -0.3 is 16.0 Å². The van der Waals surface area contributed by atoms with Gasteiger partial charge in [0.15, 0.2) is 0 Å². The van der Waals surface area contributed by atoms with Gasteiger partial charge in [-0.1, -0.05) is 18.5 Å². The van der Waals surface area contributed by atoms with E-state index in [4.69, 9.17) is 11.6 Å². The van der Waals surface area contributed by atoms with Crippen LogP contribution in [0, 0.1) is 6.92 Å². The third kappa shape index (κ3) is 5.77. The molecule has 0 saturated carbocycles. The molecule has 3 amide bonds. The van der Waals surface area contributed by atoms with Crippen molar-refractivity contribution in [1.29, 1.82) is 0 Å². The summed E-state index contributed by atoms with van der Waals surface area (Å²) >= 11 is 6.16. The van der Waals surface area contributed by atoms with Crippen LogP contribution < -0.4 is 16.0 Å². The summed E-state index contributed by atoms with van der Waals surface area (Å²) in [7, 11) is 0. The van der Waals surface area contributed by atoms with Crippen LogP contribution in [0.3, 0.4) is 0 Å². The quantitative estimate of drug-likeness (QED) is 0.596. The van der Waals surface area contributed by atoms with Crippen LogP contribution in [-0.4, -0.2) is 34.7 Å². The highest BCUT2D eigenvalue weighted by Gasteiger charge is 2.13. The van der Waals surface area contributed by atoms with Crippen molar-refractivity contribution >= 4 is 29.2 Å². The maximum absolute atomic E-state index is 12.1. The summed E-state index contributed by atoms with van der Waals surface area (Å²) in [5, 5.41) is 15.7. The maximum atomic E-state index is 12.1. The summed E-state index contributed by atoms with van der Waals surface area (Å²) in [6.07, 6.45) is 1.47. The van der Waals surface area contributed by atoms with Gasteiger partial charge in [-0.05, 0) is 44.5 Å². The number of aromatic nitrogens is 2. The standard InChI is InChI=1S/C18H24ClN5O2/c1-4-7-20-17(25)15-6-5-13(10-16(15)19)22-18(26)21-11(2)8-14-9-12(3)23-24-14/h5-6,9-11H,4,7-8H2,1-3H3,(H,20,25)(H,23,24)(H2,21,22,26)/t11-/m0/s1. The van der Waals surface area contributed by atoms with Crippen molar-refractivity contribution in [2.45, 2.75) is 39.7 Å². The molecule has 1 heterocycles. The molecule has 1 atom stereocenters. The molecule has 26 heavy (non-hydrogen) atoms. The molecule has 0 radical (unpaired) electrons. The number of hydrogen-bond acceptors (Lipinski definition) is 3. The van der Waals surface area contributed by atoms with Gasteiger partial charge in [0.25, 0.3) is 5.91 Å². The second-order valence-electron chi connectivity index (χ2n) is 6.20. The van der Waals surface area contributed by atoms with Crippen molar-refractivity contribution in [1.82, 2.24) is 20.8 Å². The number of aryl methyl sites for hydroxylation is 1. The zero-order valence-corrected chi connectivity index (χ0v) is 15.9. The molecule has 0 unspecified atom stereocenters. The molecule has 1 aromatic carbocycles. The molecule has 2 aromatic rings. The molecule has 2 rings (SSSR count). The molecule has 140 valence electrons. The normalized spacial score (nSPS) is 11.7. The summed E-state index contributed by atoms with van der Waals surface area (Å²) in [5.74, 6) is -0.226. The fourth-order valence-corrected chi connectivity index (χ4v) is 2.71. The molecular weight excluding hydrogens is 354 g/mol. The molecule has 0 bridgehead atoms. The largest absolute Gasteiger partial charge is 0.352 e. The van der Waals surface area contributed by atoms with Crippen molar-refractivity contribution in [3.63, 3.8) is 0 Å². The van der Waals surface area contributed by atoms with E-state index in [1.54, 1.807) is 18.2 Å². The first-order valence-corrected chi connectivity index (χ1v) is 8.93. The molecular formula is C18H24ClN5O2. The van der Waals surface area contributed by atoms with Crippen molar-refractivity contribution in [3.8, 4) is 0 Å². The van der Waals surface area contributed by atoms with Gasteiger partial charge in [-0.3, -0.25) is 9.89 Å². The number of nitrogens with zero attached hydrogens (tertiary/aromatic N) is 1. The molecule has 0 spiro atoms. The minimum Gasteiger partial charge on any atom is -0.352 e. The smallest absolute Gasteiger partial charge is 0.319 e. The minimum atomic E-state index is -0.344. The van der Waals surface area contributed by atoms with Gasteiger partial charge in [0.2, 0.25) is 0 Å². The third-order valence-corrected chi connectivity index (χ3v) is 3.97. The summed E-state index contributed by atoms with van der Waals surface area (Å²) in [5.41, 5.74) is 2.77. The van der Waals surface area contributed by atoms with Crippen LogP contribution in [0.15, 0.2) is 24.3 Å². The van der Waals surface area contributed by atoms with Crippen LogP contribution in [0.2, 0.25) is 5.02 Å². The predicted molar refractivity (Wildman–Crippen MR) is 103 cm³/mol. The van der Waals surface area contributed by atoms with E-state index in [1.807, 2.05) is 26.8 Å². The zero-order chi connectivity index (χ0) is 19.1. The van der Waals surface area contributed by atoms with E-state index in [0.29, 0.717) is 24.2 Å². The Morgan fingerprint density at radius 3 is 2.69 bits per heavy atom. The number of H-pyrrole nitrogens is 1. The van der Waals surface area contributed by atoms with E-state index in [2.05, 4.69) is 26.1 Å². The van der Waals surface area contributed by atoms with Crippen molar-refractivity contribution < 1.29 is 9.59 Å². The highest BCUT2D eigenvalue weighted by Crippen LogP contribution is 2.21. The number of urea groups is 1. The van der Waals surface area contributed by atoms with Gasteiger partial charge in [-0.2, -0.15) is 5.10 Å². The number of carbonyl (C=O) groups excluding carboxylic acids is 2. The number of halogens is 1. The SMILES string of the molecule is CCCNC(=O)c1ccc(NC(=O)N[C@@H](C)Cc2cc(C)[nH]n2)cc1Cl. The van der Waals surface area contributed by atoms with Crippen LogP contribution in [-0.2, 0) is 6.42 Å². The first kappa shape index (κ1) is 19.8. The molecule has 4 N–H and O–H groups in total. The molecule has 0 aliphatic rings. The third-order valence-electron chi connectivity index (χ3n) is 3.66. The highest BCUT2D eigenvalue weighted by atomic mass is 35.5. The summed E-state index contributed by atoms with van der Waals surface area (Å²) in [4.78, 5) is 24.1. The second-order valence-corrected chi connectivity index (χ2v) is 6.60. The lowest BCUT2D eigenvalue weighted by Gasteiger charge is -2.14. The van der Waals surface area contributed by atoms with E-state index in [-0.39, 0.29) is 23.0 Å². The molecule has 1 aromatic heterocycles. The maximum Gasteiger partial charge on any atom is 0.319 e. The number of nitrogens with one attached hydrogen (secondary N) is 4. The number of rotatable bonds is 7. The first-order valence-electron chi connectivity index (χ1n) is 8.55. The van der Waals surface area contributed by atoms with E-state index < -0.39 is 0 Å². The first-order chi connectivity index (χ1) is 12.4. The van der Waals surface area contributed by atoms with E-state index in [9.17, 15) is 9.59 Å². The fourth-order valence-electron chi connectivity index (χ4n) is 2.45. The van der Waals surface area contributed by atoms with Crippen LogP contribution in [0.25, 0.3) is 0 Å². The summed E-state index contributed by atoms with van der Waals surface area (Å²) < 4.78 is 0. The monoisotopic (exact) mass is 377 g/mol. The highest BCUT2D eigenvalue weighted by molar-refractivity contribution is 6.34. The van der Waals surface area contributed by atoms with Gasteiger partial charge in [0.05, 0.1) is 16.3 Å². The fraction of sp³-hybridized carbons (Fsp3) is 0.389. The number of benzene rings is 1. The Balaban J connectivity index is 1.90. The molecule has 7 nitrogen and oxygen atoms in total. The van der Waals surface area contributed by atoms with E-state index >= 15 is 0 Å². The summed E-state index contributed by atoms with van der Waals surface area (Å²) in [6.45, 7) is 6.39. The van der Waals surface area contributed by atoms with E-state index in [1.165, 1.54) is 0 Å². The number of aromatic amines is 1. The lowest BCUT2D eigenvalue weighted by atomic mass is 10.2.